The Kier molecular flexibility index (Phi) is 5.22. The molecule has 2 aliphatic carbocycles. The van der Waals surface area contributed by atoms with Crippen molar-refractivity contribution < 1.29 is 15.0 Å². The van der Waals surface area contributed by atoms with Crippen molar-refractivity contribution in [3.63, 3.8) is 0 Å². The smallest absolute Gasteiger partial charge is 0.306 e. The van der Waals surface area contributed by atoms with E-state index in [1.54, 1.807) is 0 Å². The number of carbonyl (C=O) groups is 1. The number of carboxylic acid groups (broad SMARTS) is 1. The molecule has 0 aromatic heterocycles. The molecule has 0 aliphatic heterocycles. The predicted molar refractivity (Wildman–Crippen MR) is 74.0 cm³/mol. The monoisotopic (exact) mass is 269 g/mol. The van der Waals surface area contributed by atoms with Gasteiger partial charge in [0.2, 0.25) is 0 Å². The summed E-state index contributed by atoms with van der Waals surface area (Å²) in [7, 11) is 0. The minimum Gasteiger partial charge on any atom is -0.481 e. The molecule has 0 amide bonds. The standard InChI is InChI=1S/C15H27NO3/c17-14(18)13-6-4-12(5-7-13)10-16-11-15(19)8-2-1-3-9-15/h12-13,16,19H,1-11H2,(H,17,18). The van der Waals surface area contributed by atoms with Crippen molar-refractivity contribution >= 4 is 5.97 Å². The number of rotatable bonds is 5. The van der Waals surface area contributed by atoms with Crippen molar-refractivity contribution in [3.8, 4) is 0 Å². The molecule has 0 aromatic carbocycles. The lowest BCUT2D eigenvalue weighted by Gasteiger charge is -2.33. The SMILES string of the molecule is O=C(O)C1CCC(CNCC2(O)CCCCC2)CC1. The summed E-state index contributed by atoms with van der Waals surface area (Å²) in [5.74, 6) is -0.176. The molecule has 0 heterocycles. The molecule has 2 fully saturated rings. The summed E-state index contributed by atoms with van der Waals surface area (Å²) in [5, 5.41) is 22.7. The molecule has 4 nitrogen and oxygen atoms in total. The fraction of sp³-hybridized carbons (Fsp3) is 0.933. The van der Waals surface area contributed by atoms with Gasteiger partial charge in [-0.3, -0.25) is 4.79 Å². The number of carboxylic acids is 1. The first-order chi connectivity index (χ1) is 9.09. The molecular weight excluding hydrogens is 242 g/mol. The zero-order chi connectivity index (χ0) is 13.7. The zero-order valence-electron chi connectivity index (χ0n) is 11.7. The van der Waals surface area contributed by atoms with E-state index in [0.717, 1.165) is 57.9 Å². The van der Waals surface area contributed by atoms with Gasteiger partial charge in [-0.2, -0.15) is 0 Å². The maximum atomic E-state index is 10.9. The van der Waals surface area contributed by atoms with E-state index in [1.165, 1.54) is 6.42 Å². The Hall–Kier alpha value is -0.610. The minimum atomic E-state index is -0.636. The van der Waals surface area contributed by atoms with E-state index in [-0.39, 0.29) is 5.92 Å². The highest BCUT2D eigenvalue weighted by Crippen LogP contribution is 2.29. The van der Waals surface area contributed by atoms with E-state index in [1.807, 2.05) is 0 Å². The Morgan fingerprint density at radius 3 is 2.32 bits per heavy atom. The number of hydrogen-bond donors (Lipinski definition) is 3. The van der Waals surface area contributed by atoms with Crippen molar-refractivity contribution in [2.45, 2.75) is 63.4 Å². The van der Waals surface area contributed by atoms with Crippen LogP contribution in [0.2, 0.25) is 0 Å². The Morgan fingerprint density at radius 2 is 1.74 bits per heavy atom. The summed E-state index contributed by atoms with van der Waals surface area (Å²) in [4.78, 5) is 10.9. The highest BCUT2D eigenvalue weighted by molar-refractivity contribution is 5.69. The molecule has 2 saturated carbocycles. The van der Waals surface area contributed by atoms with Crippen molar-refractivity contribution in [1.29, 1.82) is 0 Å². The van der Waals surface area contributed by atoms with Gasteiger partial charge in [-0.05, 0) is 51.0 Å². The average Bonchev–Trinajstić information content (AvgIpc) is 2.40. The van der Waals surface area contributed by atoms with Crippen molar-refractivity contribution in [3.05, 3.63) is 0 Å². The molecule has 0 aromatic rings. The van der Waals surface area contributed by atoms with Crippen LogP contribution in [-0.4, -0.2) is 34.9 Å². The van der Waals surface area contributed by atoms with Crippen LogP contribution in [0.3, 0.4) is 0 Å². The van der Waals surface area contributed by atoms with Crippen LogP contribution in [0.15, 0.2) is 0 Å². The predicted octanol–water partition coefficient (Wildman–Crippen LogP) is 2.16. The van der Waals surface area contributed by atoms with E-state index >= 15 is 0 Å². The van der Waals surface area contributed by atoms with Gasteiger partial charge in [0.05, 0.1) is 11.5 Å². The quantitative estimate of drug-likeness (QED) is 0.715. The van der Waals surface area contributed by atoms with E-state index in [2.05, 4.69) is 5.32 Å². The lowest BCUT2D eigenvalue weighted by Crippen LogP contribution is -2.43. The van der Waals surface area contributed by atoms with Crippen LogP contribution < -0.4 is 5.32 Å². The first kappa shape index (κ1) is 14.8. The van der Waals surface area contributed by atoms with Gasteiger partial charge < -0.3 is 15.5 Å². The van der Waals surface area contributed by atoms with Gasteiger partial charge in [0.1, 0.15) is 0 Å². The van der Waals surface area contributed by atoms with Gasteiger partial charge >= 0.3 is 5.97 Å². The van der Waals surface area contributed by atoms with Gasteiger partial charge in [-0.1, -0.05) is 19.3 Å². The second kappa shape index (κ2) is 6.71. The van der Waals surface area contributed by atoms with Crippen LogP contribution >= 0.6 is 0 Å². The number of nitrogens with one attached hydrogen (secondary N) is 1. The molecule has 0 saturated heterocycles. The highest BCUT2D eigenvalue weighted by atomic mass is 16.4. The molecule has 0 bridgehead atoms. The summed E-state index contributed by atoms with van der Waals surface area (Å²) in [6.45, 7) is 1.63. The fourth-order valence-corrected chi connectivity index (χ4v) is 3.51. The molecule has 0 radical (unpaired) electrons. The van der Waals surface area contributed by atoms with Crippen LogP contribution in [-0.2, 0) is 4.79 Å². The normalized spacial score (nSPS) is 31.0. The molecule has 2 aliphatic rings. The van der Waals surface area contributed by atoms with Crippen molar-refractivity contribution in [2.24, 2.45) is 11.8 Å². The molecule has 3 N–H and O–H groups in total. The first-order valence-corrected chi connectivity index (χ1v) is 7.75. The second-order valence-corrected chi connectivity index (χ2v) is 6.47. The number of aliphatic hydroxyl groups is 1. The molecule has 110 valence electrons. The lowest BCUT2D eigenvalue weighted by atomic mass is 9.81. The number of hydrogen-bond acceptors (Lipinski definition) is 3. The third kappa shape index (κ3) is 4.46. The summed E-state index contributed by atoms with van der Waals surface area (Å²) >= 11 is 0. The molecule has 2 rings (SSSR count). The van der Waals surface area contributed by atoms with Gasteiger partial charge in [0.15, 0.2) is 0 Å². The highest BCUT2D eigenvalue weighted by Gasteiger charge is 2.30. The van der Waals surface area contributed by atoms with E-state index < -0.39 is 11.6 Å². The van der Waals surface area contributed by atoms with Gasteiger partial charge in [0, 0.05) is 6.54 Å². The molecule has 0 spiro atoms. The number of aliphatic carboxylic acids is 1. The van der Waals surface area contributed by atoms with Crippen LogP contribution in [0.5, 0.6) is 0 Å². The van der Waals surface area contributed by atoms with Gasteiger partial charge in [-0.25, -0.2) is 0 Å². The first-order valence-electron chi connectivity index (χ1n) is 7.75. The average molecular weight is 269 g/mol. The van der Waals surface area contributed by atoms with Crippen LogP contribution in [0.25, 0.3) is 0 Å². The van der Waals surface area contributed by atoms with Crippen LogP contribution in [0, 0.1) is 11.8 Å². The van der Waals surface area contributed by atoms with Crippen molar-refractivity contribution in [2.75, 3.05) is 13.1 Å². The summed E-state index contributed by atoms with van der Waals surface area (Å²) < 4.78 is 0. The third-order valence-electron chi connectivity index (χ3n) is 4.87. The Morgan fingerprint density at radius 1 is 1.11 bits per heavy atom. The fourth-order valence-electron chi connectivity index (χ4n) is 3.51. The molecule has 0 unspecified atom stereocenters. The Balaban J connectivity index is 1.62. The van der Waals surface area contributed by atoms with E-state index in [9.17, 15) is 9.90 Å². The van der Waals surface area contributed by atoms with E-state index in [4.69, 9.17) is 5.11 Å². The zero-order valence-corrected chi connectivity index (χ0v) is 11.7. The van der Waals surface area contributed by atoms with Gasteiger partial charge in [0.25, 0.3) is 0 Å². The van der Waals surface area contributed by atoms with Crippen molar-refractivity contribution in [1.82, 2.24) is 5.32 Å². The summed E-state index contributed by atoms with van der Waals surface area (Å²) in [6.07, 6.45) is 9.01. The van der Waals surface area contributed by atoms with Crippen LogP contribution in [0.1, 0.15) is 57.8 Å². The molecular formula is C15H27NO3. The van der Waals surface area contributed by atoms with Crippen LogP contribution in [0.4, 0.5) is 0 Å². The third-order valence-corrected chi connectivity index (χ3v) is 4.87. The van der Waals surface area contributed by atoms with E-state index in [0.29, 0.717) is 12.5 Å². The molecule has 19 heavy (non-hydrogen) atoms. The Bertz CT molecular complexity index is 292. The summed E-state index contributed by atoms with van der Waals surface area (Å²) in [6, 6.07) is 0. The molecule has 4 heteroatoms. The maximum absolute atomic E-state index is 10.9. The lowest BCUT2D eigenvalue weighted by molar-refractivity contribution is -0.143. The minimum absolute atomic E-state index is 0.126. The maximum Gasteiger partial charge on any atom is 0.306 e. The molecule has 0 atom stereocenters. The largest absolute Gasteiger partial charge is 0.481 e. The summed E-state index contributed by atoms with van der Waals surface area (Å²) in [5.41, 5.74) is -0.490. The Labute approximate surface area is 115 Å². The topological polar surface area (TPSA) is 69.6 Å². The van der Waals surface area contributed by atoms with Gasteiger partial charge in [-0.15, -0.1) is 0 Å². The second-order valence-electron chi connectivity index (χ2n) is 6.47.